The van der Waals surface area contributed by atoms with Crippen molar-refractivity contribution in [1.82, 2.24) is 9.55 Å². The number of benzene rings is 4. The molecule has 1 aromatic heterocycles. The minimum absolute atomic E-state index is 0.175. The summed E-state index contributed by atoms with van der Waals surface area (Å²) in [6.07, 6.45) is 1.50. The van der Waals surface area contributed by atoms with Gasteiger partial charge in [0.2, 0.25) is 0 Å². The monoisotopic (exact) mass is 491 g/mol. The zero-order valence-corrected chi connectivity index (χ0v) is 20.3. The van der Waals surface area contributed by atoms with Gasteiger partial charge < -0.3 is 14.8 Å². The Balaban J connectivity index is 1.26. The minimum atomic E-state index is -0.290. The van der Waals surface area contributed by atoms with Gasteiger partial charge in [-0.3, -0.25) is 14.2 Å². The molecule has 0 saturated carbocycles. The van der Waals surface area contributed by atoms with E-state index in [1.165, 1.54) is 10.9 Å². The Morgan fingerprint density at radius 1 is 0.865 bits per heavy atom. The van der Waals surface area contributed by atoms with Crippen LogP contribution in [0.5, 0.6) is 11.5 Å². The standard InChI is InChI=1S/C30H25N3O4/c1-36-26-9-5-8-22(16-26)18-33-20-31-28-17-23(10-15-27(28)30(33)35)29(34)32-24-11-13-25(14-12-24)37-19-21-6-3-2-4-7-21/h2-17,20H,18-19H2,1H3,(H,32,34). The number of anilines is 1. The van der Waals surface area contributed by atoms with Crippen LogP contribution in [0.2, 0.25) is 0 Å². The molecule has 0 saturated heterocycles. The Morgan fingerprint density at radius 3 is 2.43 bits per heavy atom. The third-order valence-corrected chi connectivity index (χ3v) is 5.93. The van der Waals surface area contributed by atoms with Gasteiger partial charge >= 0.3 is 0 Å². The number of carbonyl (C=O) groups excluding carboxylic acids is 1. The summed E-state index contributed by atoms with van der Waals surface area (Å²) in [7, 11) is 1.60. The molecular weight excluding hydrogens is 466 g/mol. The second kappa shape index (κ2) is 10.8. The SMILES string of the molecule is COc1cccc(Cn2cnc3cc(C(=O)Nc4ccc(OCc5ccccc5)cc4)ccc3c2=O)c1. The topological polar surface area (TPSA) is 82.5 Å². The molecule has 0 atom stereocenters. The quantitative estimate of drug-likeness (QED) is 0.319. The fourth-order valence-corrected chi connectivity index (χ4v) is 3.96. The molecule has 0 fully saturated rings. The van der Waals surface area contributed by atoms with Gasteiger partial charge in [-0.15, -0.1) is 0 Å². The molecule has 1 N–H and O–H groups in total. The summed E-state index contributed by atoms with van der Waals surface area (Å²) in [6, 6.07) is 29.5. The zero-order chi connectivity index (χ0) is 25.6. The van der Waals surface area contributed by atoms with Crippen LogP contribution in [-0.2, 0) is 13.2 Å². The number of hydrogen-bond donors (Lipinski definition) is 1. The molecule has 37 heavy (non-hydrogen) atoms. The fourth-order valence-electron chi connectivity index (χ4n) is 3.96. The average Bonchev–Trinajstić information content (AvgIpc) is 2.94. The van der Waals surface area contributed by atoms with Crippen molar-refractivity contribution in [1.29, 1.82) is 0 Å². The van der Waals surface area contributed by atoms with E-state index in [0.717, 1.165) is 16.9 Å². The number of nitrogens with one attached hydrogen (secondary N) is 1. The van der Waals surface area contributed by atoms with Crippen molar-refractivity contribution >= 4 is 22.5 Å². The molecule has 7 heteroatoms. The first-order valence-corrected chi connectivity index (χ1v) is 11.8. The van der Waals surface area contributed by atoms with E-state index in [-0.39, 0.29) is 11.5 Å². The maximum atomic E-state index is 13.0. The number of methoxy groups -OCH3 is 1. The van der Waals surface area contributed by atoms with E-state index in [0.29, 0.717) is 41.1 Å². The van der Waals surface area contributed by atoms with Crippen molar-refractivity contribution < 1.29 is 14.3 Å². The highest BCUT2D eigenvalue weighted by Gasteiger charge is 2.11. The summed E-state index contributed by atoms with van der Waals surface area (Å²) in [4.78, 5) is 30.3. The van der Waals surface area contributed by atoms with E-state index in [4.69, 9.17) is 9.47 Å². The molecular formula is C30H25N3O4. The third-order valence-electron chi connectivity index (χ3n) is 5.93. The van der Waals surface area contributed by atoms with Gasteiger partial charge in [-0.25, -0.2) is 4.98 Å². The first kappa shape index (κ1) is 23.8. The predicted octanol–water partition coefficient (Wildman–Crippen LogP) is 5.28. The molecule has 0 aliphatic heterocycles. The lowest BCUT2D eigenvalue weighted by Crippen LogP contribution is -2.21. The molecule has 0 spiro atoms. The Hall–Kier alpha value is -4.91. The molecule has 7 nitrogen and oxygen atoms in total. The number of amides is 1. The van der Waals surface area contributed by atoms with Crippen molar-refractivity contribution in [2.75, 3.05) is 12.4 Å². The molecule has 0 aliphatic rings. The Morgan fingerprint density at radius 2 is 1.65 bits per heavy atom. The highest BCUT2D eigenvalue weighted by Crippen LogP contribution is 2.19. The Bertz CT molecular complexity index is 1600. The number of rotatable bonds is 8. The molecule has 0 aliphatic carbocycles. The van der Waals surface area contributed by atoms with E-state index in [9.17, 15) is 9.59 Å². The number of carbonyl (C=O) groups is 1. The minimum Gasteiger partial charge on any atom is -0.497 e. The van der Waals surface area contributed by atoms with Crippen molar-refractivity contribution in [3.05, 3.63) is 130 Å². The Kier molecular flexibility index (Phi) is 6.94. The van der Waals surface area contributed by atoms with Crippen LogP contribution in [0.1, 0.15) is 21.5 Å². The number of fused-ring (bicyclic) bond motifs is 1. The normalized spacial score (nSPS) is 10.7. The summed E-state index contributed by atoms with van der Waals surface area (Å²) in [5.41, 5.74) is 3.34. The smallest absolute Gasteiger partial charge is 0.261 e. The molecule has 4 aromatic carbocycles. The van der Waals surface area contributed by atoms with Crippen LogP contribution in [0.3, 0.4) is 0 Å². The van der Waals surface area contributed by atoms with Crippen LogP contribution >= 0.6 is 0 Å². The number of hydrogen-bond acceptors (Lipinski definition) is 5. The number of ether oxygens (including phenoxy) is 2. The highest BCUT2D eigenvalue weighted by atomic mass is 16.5. The van der Waals surface area contributed by atoms with Gasteiger partial charge in [-0.05, 0) is 65.7 Å². The largest absolute Gasteiger partial charge is 0.497 e. The lowest BCUT2D eigenvalue weighted by Gasteiger charge is -2.10. The van der Waals surface area contributed by atoms with E-state index < -0.39 is 0 Å². The summed E-state index contributed by atoms with van der Waals surface area (Å²) in [5.74, 6) is 1.15. The van der Waals surface area contributed by atoms with E-state index >= 15 is 0 Å². The summed E-state index contributed by atoms with van der Waals surface area (Å²) in [6.45, 7) is 0.837. The second-order valence-corrected chi connectivity index (χ2v) is 8.51. The molecule has 5 rings (SSSR count). The van der Waals surface area contributed by atoms with Crippen molar-refractivity contribution in [3.63, 3.8) is 0 Å². The molecule has 184 valence electrons. The van der Waals surface area contributed by atoms with Crippen LogP contribution < -0.4 is 20.3 Å². The van der Waals surface area contributed by atoms with Crippen LogP contribution in [0, 0.1) is 0 Å². The van der Waals surface area contributed by atoms with Gasteiger partial charge in [0.05, 0.1) is 30.9 Å². The summed E-state index contributed by atoms with van der Waals surface area (Å²) in [5, 5.41) is 3.32. The van der Waals surface area contributed by atoms with Gasteiger partial charge in [-0.1, -0.05) is 42.5 Å². The lowest BCUT2D eigenvalue weighted by atomic mass is 10.1. The molecule has 5 aromatic rings. The highest BCUT2D eigenvalue weighted by molar-refractivity contribution is 6.06. The van der Waals surface area contributed by atoms with Crippen LogP contribution in [0.4, 0.5) is 5.69 Å². The molecule has 0 bridgehead atoms. The third kappa shape index (κ3) is 5.67. The molecule has 0 unspecified atom stereocenters. The van der Waals surface area contributed by atoms with E-state index in [1.54, 1.807) is 37.4 Å². The van der Waals surface area contributed by atoms with Crippen molar-refractivity contribution in [3.8, 4) is 11.5 Å². The van der Waals surface area contributed by atoms with Crippen LogP contribution in [0.15, 0.2) is 108 Å². The Labute approximate surface area is 213 Å². The van der Waals surface area contributed by atoms with Crippen LogP contribution in [-0.4, -0.2) is 22.6 Å². The van der Waals surface area contributed by atoms with E-state index in [2.05, 4.69) is 10.3 Å². The van der Waals surface area contributed by atoms with E-state index in [1.807, 2.05) is 66.7 Å². The number of aromatic nitrogens is 2. The average molecular weight is 492 g/mol. The van der Waals surface area contributed by atoms with Crippen molar-refractivity contribution in [2.24, 2.45) is 0 Å². The summed E-state index contributed by atoms with van der Waals surface area (Å²) >= 11 is 0. The van der Waals surface area contributed by atoms with Gasteiger partial charge in [0.15, 0.2) is 0 Å². The van der Waals surface area contributed by atoms with Gasteiger partial charge in [0.1, 0.15) is 18.1 Å². The number of nitrogens with zero attached hydrogens (tertiary/aromatic N) is 2. The zero-order valence-electron chi connectivity index (χ0n) is 20.3. The first-order chi connectivity index (χ1) is 18.1. The summed E-state index contributed by atoms with van der Waals surface area (Å²) < 4.78 is 12.6. The predicted molar refractivity (Wildman–Crippen MR) is 143 cm³/mol. The van der Waals surface area contributed by atoms with Crippen molar-refractivity contribution in [2.45, 2.75) is 13.2 Å². The second-order valence-electron chi connectivity index (χ2n) is 8.51. The lowest BCUT2D eigenvalue weighted by molar-refractivity contribution is 0.102. The first-order valence-electron chi connectivity index (χ1n) is 11.8. The molecule has 1 amide bonds. The maximum Gasteiger partial charge on any atom is 0.261 e. The maximum absolute atomic E-state index is 13.0. The fraction of sp³-hybridized carbons (Fsp3) is 0.100. The van der Waals surface area contributed by atoms with Gasteiger partial charge in [0.25, 0.3) is 11.5 Å². The van der Waals surface area contributed by atoms with Gasteiger partial charge in [0, 0.05) is 11.3 Å². The molecule has 1 heterocycles. The van der Waals surface area contributed by atoms with Gasteiger partial charge in [-0.2, -0.15) is 0 Å². The molecule has 0 radical (unpaired) electrons. The van der Waals surface area contributed by atoms with Crippen LogP contribution in [0.25, 0.3) is 10.9 Å².